The largest absolute Gasteiger partial charge is 0.342 e. The maximum atomic E-state index is 6.11. The zero-order chi connectivity index (χ0) is 11.1. The molecule has 1 rings (SSSR count). The van der Waals surface area contributed by atoms with Crippen LogP contribution in [0.25, 0.3) is 0 Å². The second-order valence-corrected chi connectivity index (χ2v) is 4.09. The molecule has 0 atom stereocenters. The summed E-state index contributed by atoms with van der Waals surface area (Å²) in [5.74, 6) is 0. The van der Waals surface area contributed by atoms with E-state index in [0.29, 0.717) is 0 Å². The van der Waals surface area contributed by atoms with Crippen LogP contribution in [0, 0.1) is 0 Å². The second kappa shape index (κ2) is 6.92. The molecule has 0 aromatic heterocycles. The lowest BCUT2D eigenvalue weighted by atomic mass is 9.80. The first-order valence-corrected chi connectivity index (χ1v) is 5.99. The Morgan fingerprint density at radius 1 is 1.13 bits per heavy atom. The van der Waals surface area contributed by atoms with E-state index in [1.807, 2.05) is 18.2 Å². The molecule has 0 fully saturated rings. The van der Waals surface area contributed by atoms with Crippen LogP contribution in [0.2, 0.25) is 5.02 Å². The van der Waals surface area contributed by atoms with Crippen molar-refractivity contribution in [3.05, 3.63) is 29.3 Å². The molecule has 1 radical (unpaired) electrons. The fraction of sp³-hybridized carbons (Fsp3) is 0.500. The molecule has 0 spiro atoms. The van der Waals surface area contributed by atoms with Crippen molar-refractivity contribution in [2.75, 3.05) is 13.1 Å². The van der Waals surface area contributed by atoms with Gasteiger partial charge in [-0.1, -0.05) is 43.6 Å². The SMILES string of the molecule is CCCN([B]c1ccccc1Cl)CCC. The van der Waals surface area contributed by atoms with E-state index in [4.69, 9.17) is 11.6 Å². The summed E-state index contributed by atoms with van der Waals surface area (Å²) in [6, 6.07) is 7.97. The quantitative estimate of drug-likeness (QED) is 0.669. The number of nitrogens with zero attached hydrogens (tertiary/aromatic N) is 1. The minimum Gasteiger partial charge on any atom is -0.342 e. The average Bonchev–Trinajstić information content (AvgIpc) is 2.22. The maximum Gasteiger partial charge on any atom is 0.249 e. The Kier molecular flexibility index (Phi) is 5.81. The summed E-state index contributed by atoms with van der Waals surface area (Å²) in [6.07, 6.45) is 2.34. The number of hydrogen-bond donors (Lipinski definition) is 0. The van der Waals surface area contributed by atoms with Gasteiger partial charge < -0.3 is 4.81 Å². The molecule has 15 heavy (non-hydrogen) atoms. The number of hydrogen-bond acceptors (Lipinski definition) is 1. The van der Waals surface area contributed by atoms with Crippen LogP contribution in [0.1, 0.15) is 26.7 Å². The molecule has 0 N–H and O–H groups in total. The van der Waals surface area contributed by atoms with Crippen molar-refractivity contribution in [2.24, 2.45) is 0 Å². The molecule has 0 heterocycles. The zero-order valence-corrected chi connectivity index (χ0v) is 10.3. The van der Waals surface area contributed by atoms with Crippen LogP contribution in [-0.4, -0.2) is 25.3 Å². The summed E-state index contributed by atoms with van der Waals surface area (Å²) in [5.41, 5.74) is 1.11. The van der Waals surface area contributed by atoms with Crippen molar-refractivity contribution < 1.29 is 0 Å². The molecular weight excluding hydrogens is 204 g/mol. The summed E-state index contributed by atoms with van der Waals surface area (Å²) >= 11 is 6.11. The summed E-state index contributed by atoms with van der Waals surface area (Å²) in [7, 11) is 2.16. The molecule has 0 bridgehead atoms. The first-order chi connectivity index (χ1) is 7.27. The molecule has 0 unspecified atom stereocenters. The van der Waals surface area contributed by atoms with Gasteiger partial charge in [0.05, 0.1) is 0 Å². The number of rotatable bonds is 6. The van der Waals surface area contributed by atoms with Crippen molar-refractivity contribution in [2.45, 2.75) is 26.7 Å². The van der Waals surface area contributed by atoms with Gasteiger partial charge >= 0.3 is 0 Å². The van der Waals surface area contributed by atoms with Gasteiger partial charge in [0.25, 0.3) is 0 Å². The van der Waals surface area contributed by atoms with Crippen LogP contribution in [0.4, 0.5) is 0 Å². The van der Waals surface area contributed by atoms with Crippen molar-refractivity contribution in [1.29, 1.82) is 0 Å². The Morgan fingerprint density at radius 3 is 2.27 bits per heavy atom. The summed E-state index contributed by atoms with van der Waals surface area (Å²) in [6.45, 7) is 6.59. The molecule has 0 saturated carbocycles. The second-order valence-electron chi connectivity index (χ2n) is 3.69. The van der Waals surface area contributed by atoms with E-state index in [1.54, 1.807) is 0 Å². The number of halogens is 1. The van der Waals surface area contributed by atoms with Gasteiger partial charge in [-0.05, 0) is 37.5 Å². The van der Waals surface area contributed by atoms with Gasteiger partial charge in [-0.25, -0.2) is 0 Å². The highest BCUT2D eigenvalue weighted by atomic mass is 35.5. The van der Waals surface area contributed by atoms with Crippen molar-refractivity contribution in [3.8, 4) is 0 Å². The van der Waals surface area contributed by atoms with Gasteiger partial charge in [-0.3, -0.25) is 0 Å². The summed E-state index contributed by atoms with van der Waals surface area (Å²) < 4.78 is 0. The lowest BCUT2D eigenvalue weighted by molar-refractivity contribution is 0.445. The Hall–Kier alpha value is -0.465. The highest BCUT2D eigenvalue weighted by molar-refractivity contribution is 6.56. The molecule has 0 saturated heterocycles. The van der Waals surface area contributed by atoms with E-state index in [-0.39, 0.29) is 0 Å². The van der Waals surface area contributed by atoms with Crippen LogP contribution < -0.4 is 5.46 Å². The zero-order valence-electron chi connectivity index (χ0n) is 9.54. The minimum absolute atomic E-state index is 0.828. The topological polar surface area (TPSA) is 3.24 Å². The highest BCUT2D eigenvalue weighted by Gasteiger charge is 2.08. The van der Waals surface area contributed by atoms with Crippen LogP contribution in [0.15, 0.2) is 24.3 Å². The lowest BCUT2D eigenvalue weighted by Gasteiger charge is -2.20. The van der Waals surface area contributed by atoms with Gasteiger partial charge in [-0.15, -0.1) is 0 Å². The van der Waals surface area contributed by atoms with Crippen LogP contribution in [0.3, 0.4) is 0 Å². The molecule has 81 valence electrons. The van der Waals surface area contributed by atoms with Gasteiger partial charge in [0.1, 0.15) is 0 Å². The standard InChI is InChI=1S/C12H18BClN/c1-3-9-15(10-4-2)13-11-7-5-6-8-12(11)14/h5-8H,3-4,9-10H2,1-2H3. The van der Waals surface area contributed by atoms with E-state index in [1.165, 1.54) is 12.8 Å². The molecule has 1 aromatic carbocycles. The fourth-order valence-corrected chi connectivity index (χ4v) is 1.78. The Bertz CT molecular complexity index is 285. The Balaban J connectivity index is 2.60. The molecule has 0 aliphatic heterocycles. The average molecular weight is 223 g/mol. The van der Waals surface area contributed by atoms with Crippen molar-refractivity contribution >= 4 is 24.5 Å². The minimum atomic E-state index is 0.828. The van der Waals surface area contributed by atoms with Gasteiger partial charge in [0.15, 0.2) is 0 Å². The third-order valence-electron chi connectivity index (χ3n) is 2.25. The number of benzene rings is 1. The first kappa shape index (κ1) is 12.6. The van der Waals surface area contributed by atoms with Gasteiger partial charge in [-0.2, -0.15) is 0 Å². The smallest absolute Gasteiger partial charge is 0.249 e. The van der Waals surface area contributed by atoms with E-state index >= 15 is 0 Å². The van der Waals surface area contributed by atoms with E-state index in [2.05, 4.69) is 32.1 Å². The third-order valence-corrected chi connectivity index (χ3v) is 2.59. The van der Waals surface area contributed by atoms with Crippen molar-refractivity contribution in [3.63, 3.8) is 0 Å². The normalized spacial score (nSPS) is 10.7. The Morgan fingerprint density at radius 2 is 1.73 bits per heavy atom. The van der Waals surface area contributed by atoms with E-state index < -0.39 is 0 Å². The van der Waals surface area contributed by atoms with Gasteiger partial charge in [0, 0.05) is 5.02 Å². The predicted octanol–water partition coefficient (Wildman–Crippen LogP) is 2.71. The van der Waals surface area contributed by atoms with Crippen molar-refractivity contribution in [1.82, 2.24) is 4.81 Å². The monoisotopic (exact) mass is 222 g/mol. The highest BCUT2D eigenvalue weighted by Crippen LogP contribution is 2.04. The molecule has 0 aliphatic rings. The third kappa shape index (κ3) is 4.27. The Labute approximate surface area is 98.7 Å². The molecule has 0 amide bonds. The lowest BCUT2D eigenvalue weighted by Crippen LogP contribution is -2.37. The summed E-state index contributed by atoms with van der Waals surface area (Å²) in [5, 5.41) is 0.828. The van der Waals surface area contributed by atoms with E-state index in [0.717, 1.165) is 23.6 Å². The fourth-order valence-electron chi connectivity index (χ4n) is 1.59. The maximum absolute atomic E-state index is 6.11. The molecular formula is C12H18BClN. The summed E-state index contributed by atoms with van der Waals surface area (Å²) in [4.78, 5) is 2.33. The van der Waals surface area contributed by atoms with E-state index in [9.17, 15) is 0 Å². The van der Waals surface area contributed by atoms with Crippen LogP contribution >= 0.6 is 11.6 Å². The van der Waals surface area contributed by atoms with Crippen LogP contribution in [-0.2, 0) is 0 Å². The molecule has 0 aliphatic carbocycles. The molecule has 3 heteroatoms. The molecule has 1 nitrogen and oxygen atoms in total. The molecule has 1 aromatic rings. The first-order valence-electron chi connectivity index (χ1n) is 5.61. The van der Waals surface area contributed by atoms with Gasteiger partial charge in [0.2, 0.25) is 7.41 Å². The van der Waals surface area contributed by atoms with Crippen LogP contribution in [0.5, 0.6) is 0 Å². The predicted molar refractivity (Wildman–Crippen MR) is 69.0 cm³/mol.